The van der Waals surface area contributed by atoms with E-state index in [2.05, 4.69) is 4.90 Å². The zero-order valence-corrected chi connectivity index (χ0v) is 17.7. The van der Waals surface area contributed by atoms with Gasteiger partial charge in [0.15, 0.2) is 0 Å². The number of carbonyl (C=O) groups excluding carboxylic acids is 2. The number of benzene rings is 2. The standard InChI is InChI=1S/C25H29N3O3/c29-22-13-21-14-26(23(30)11-19-7-3-1-4-8-19)16-25(28(21)15-22)17-27(18-25)24(31)12-20-9-5-2-6-10-20/h1-10,21-22,29H,11-18H2/t21-,22-/m1/s1. The van der Waals surface area contributed by atoms with Crippen molar-refractivity contribution >= 4 is 11.8 Å². The van der Waals surface area contributed by atoms with Crippen molar-refractivity contribution in [2.45, 2.75) is 36.9 Å². The summed E-state index contributed by atoms with van der Waals surface area (Å²) in [7, 11) is 0. The third-order valence-electron chi connectivity index (χ3n) is 6.99. The Bertz CT molecular complexity index is 943. The molecule has 2 atom stereocenters. The lowest BCUT2D eigenvalue weighted by Crippen LogP contribution is -2.79. The number of likely N-dealkylation sites (tertiary alicyclic amines) is 1. The fraction of sp³-hybridized carbons (Fsp3) is 0.440. The van der Waals surface area contributed by atoms with Crippen LogP contribution in [0.25, 0.3) is 0 Å². The zero-order chi connectivity index (χ0) is 21.4. The van der Waals surface area contributed by atoms with Crippen LogP contribution < -0.4 is 0 Å². The van der Waals surface area contributed by atoms with Crippen LogP contribution in [0.2, 0.25) is 0 Å². The van der Waals surface area contributed by atoms with Crippen molar-refractivity contribution in [3.05, 3.63) is 71.8 Å². The van der Waals surface area contributed by atoms with Gasteiger partial charge in [0.05, 0.1) is 24.5 Å². The third kappa shape index (κ3) is 3.98. The van der Waals surface area contributed by atoms with Crippen molar-refractivity contribution in [1.29, 1.82) is 0 Å². The molecule has 1 spiro atoms. The second-order valence-corrected chi connectivity index (χ2v) is 9.27. The van der Waals surface area contributed by atoms with Gasteiger partial charge in [0.2, 0.25) is 11.8 Å². The van der Waals surface area contributed by atoms with E-state index in [9.17, 15) is 14.7 Å². The Morgan fingerprint density at radius 1 is 0.806 bits per heavy atom. The predicted octanol–water partition coefficient (Wildman–Crippen LogP) is 1.33. The summed E-state index contributed by atoms with van der Waals surface area (Å²) < 4.78 is 0. The van der Waals surface area contributed by atoms with Gasteiger partial charge in [0, 0.05) is 38.8 Å². The Morgan fingerprint density at radius 3 is 1.90 bits per heavy atom. The van der Waals surface area contributed by atoms with Crippen LogP contribution in [0.15, 0.2) is 60.7 Å². The van der Waals surface area contributed by atoms with Crippen LogP contribution in [0.5, 0.6) is 0 Å². The van der Waals surface area contributed by atoms with Crippen LogP contribution in [-0.4, -0.2) is 82.0 Å². The molecule has 1 N–H and O–H groups in total. The van der Waals surface area contributed by atoms with Crippen LogP contribution in [0.4, 0.5) is 0 Å². The molecule has 3 saturated heterocycles. The van der Waals surface area contributed by atoms with Crippen molar-refractivity contribution in [2.24, 2.45) is 0 Å². The van der Waals surface area contributed by atoms with Gasteiger partial charge in [-0.25, -0.2) is 0 Å². The number of aliphatic hydroxyl groups excluding tert-OH is 1. The van der Waals surface area contributed by atoms with E-state index < -0.39 is 0 Å². The molecule has 31 heavy (non-hydrogen) atoms. The number of aliphatic hydroxyl groups is 1. The summed E-state index contributed by atoms with van der Waals surface area (Å²) in [5.41, 5.74) is 1.80. The maximum atomic E-state index is 13.1. The van der Waals surface area contributed by atoms with Gasteiger partial charge in [-0.15, -0.1) is 0 Å². The molecular weight excluding hydrogens is 390 g/mol. The van der Waals surface area contributed by atoms with Gasteiger partial charge in [-0.3, -0.25) is 14.5 Å². The SMILES string of the molecule is O=C(Cc1ccccc1)N1C[C@H]2C[C@@H](O)CN2C2(C1)CN(C(=O)Cc1ccccc1)C2. The largest absolute Gasteiger partial charge is 0.392 e. The summed E-state index contributed by atoms with van der Waals surface area (Å²) in [5, 5.41) is 10.3. The summed E-state index contributed by atoms with van der Waals surface area (Å²) in [6.45, 7) is 3.15. The molecule has 6 nitrogen and oxygen atoms in total. The van der Waals surface area contributed by atoms with E-state index in [0.717, 1.165) is 11.1 Å². The first-order valence-corrected chi connectivity index (χ1v) is 11.1. The summed E-state index contributed by atoms with van der Waals surface area (Å²) in [5.74, 6) is 0.251. The molecular formula is C25H29N3O3. The molecule has 0 aromatic heterocycles. The number of rotatable bonds is 4. The molecule has 5 rings (SSSR count). The number of hydrogen-bond acceptors (Lipinski definition) is 4. The Morgan fingerprint density at radius 2 is 1.32 bits per heavy atom. The highest BCUT2D eigenvalue weighted by Crippen LogP contribution is 2.39. The molecule has 6 heteroatoms. The quantitative estimate of drug-likeness (QED) is 0.812. The second kappa shape index (κ2) is 8.09. The van der Waals surface area contributed by atoms with E-state index in [1.807, 2.05) is 70.5 Å². The van der Waals surface area contributed by atoms with E-state index in [0.29, 0.717) is 52.0 Å². The molecule has 3 aliphatic rings. The maximum absolute atomic E-state index is 13.1. The Balaban J connectivity index is 1.28. The molecule has 0 saturated carbocycles. The predicted molar refractivity (Wildman–Crippen MR) is 117 cm³/mol. The van der Waals surface area contributed by atoms with Crippen LogP contribution >= 0.6 is 0 Å². The average Bonchev–Trinajstić information content (AvgIpc) is 3.13. The number of carbonyl (C=O) groups is 2. The van der Waals surface area contributed by atoms with Crippen LogP contribution in [0.3, 0.4) is 0 Å². The molecule has 0 unspecified atom stereocenters. The summed E-state index contributed by atoms with van der Waals surface area (Å²) in [4.78, 5) is 32.1. The van der Waals surface area contributed by atoms with Crippen LogP contribution in [0.1, 0.15) is 17.5 Å². The summed E-state index contributed by atoms with van der Waals surface area (Å²) in [6.07, 6.45) is 1.12. The topological polar surface area (TPSA) is 64.1 Å². The first-order valence-electron chi connectivity index (χ1n) is 11.1. The summed E-state index contributed by atoms with van der Waals surface area (Å²) in [6, 6.07) is 19.8. The van der Waals surface area contributed by atoms with Gasteiger partial charge in [-0.2, -0.15) is 0 Å². The van der Waals surface area contributed by atoms with Gasteiger partial charge in [-0.05, 0) is 17.5 Å². The zero-order valence-electron chi connectivity index (χ0n) is 17.7. The minimum Gasteiger partial charge on any atom is -0.392 e. The molecule has 3 fully saturated rings. The van der Waals surface area contributed by atoms with Gasteiger partial charge >= 0.3 is 0 Å². The molecule has 0 bridgehead atoms. The lowest BCUT2D eigenvalue weighted by Gasteiger charge is -2.60. The highest BCUT2D eigenvalue weighted by molar-refractivity contribution is 5.81. The van der Waals surface area contributed by atoms with Crippen molar-refractivity contribution in [1.82, 2.24) is 14.7 Å². The molecule has 2 aromatic rings. The van der Waals surface area contributed by atoms with E-state index in [4.69, 9.17) is 0 Å². The number of fused-ring (bicyclic) bond motifs is 2. The minimum atomic E-state index is -0.361. The van der Waals surface area contributed by atoms with E-state index >= 15 is 0 Å². The fourth-order valence-electron chi connectivity index (χ4n) is 5.49. The van der Waals surface area contributed by atoms with Crippen LogP contribution in [0, 0.1) is 0 Å². The Labute approximate surface area is 183 Å². The average molecular weight is 420 g/mol. The van der Waals surface area contributed by atoms with E-state index in [-0.39, 0.29) is 29.5 Å². The molecule has 0 radical (unpaired) electrons. The number of nitrogens with zero attached hydrogens (tertiary/aromatic N) is 3. The molecule has 2 aromatic carbocycles. The number of piperazine rings is 1. The van der Waals surface area contributed by atoms with E-state index in [1.165, 1.54) is 0 Å². The van der Waals surface area contributed by atoms with Gasteiger partial charge < -0.3 is 14.9 Å². The van der Waals surface area contributed by atoms with Crippen molar-refractivity contribution < 1.29 is 14.7 Å². The maximum Gasteiger partial charge on any atom is 0.227 e. The molecule has 2 amide bonds. The second-order valence-electron chi connectivity index (χ2n) is 9.27. The number of β-amino-alcohol motifs (C(OH)–C–C–N with tert-alkyl or cyclic N) is 1. The van der Waals surface area contributed by atoms with Gasteiger partial charge in [-0.1, -0.05) is 60.7 Å². The van der Waals surface area contributed by atoms with Gasteiger partial charge in [0.25, 0.3) is 0 Å². The van der Waals surface area contributed by atoms with Crippen LogP contribution in [-0.2, 0) is 22.4 Å². The highest BCUT2D eigenvalue weighted by atomic mass is 16.3. The van der Waals surface area contributed by atoms with Crippen molar-refractivity contribution in [3.63, 3.8) is 0 Å². The van der Waals surface area contributed by atoms with Crippen molar-refractivity contribution in [2.75, 3.05) is 32.7 Å². The van der Waals surface area contributed by atoms with Gasteiger partial charge in [0.1, 0.15) is 0 Å². The minimum absolute atomic E-state index is 0.126. The third-order valence-corrected chi connectivity index (χ3v) is 6.99. The molecule has 3 aliphatic heterocycles. The van der Waals surface area contributed by atoms with Crippen molar-refractivity contribution in [3.8, 4) is 0 Å². The molecule has 3 heterocycles. The molecule has 0 aliphatic carbocycles. The number of amides is 2. The smallest absolute Gasteiger partial charge is 0.227 e. The summed E-state index contributed by atoms with van der Waals surface area (Å²) >= 11 is 0. The normalized spacial score (nSPS) is 24.7. The van der Waals surface area contributed by atoms with E-state index in [1.54, 1.807) is 0 Å². The lowest BCUT2D eigenvalue weighted by molar-refractivity contribution is -0.161. The first-order chi connectivity index (χ1) is 15.0. The lowest BCUT2D eigenvalue weighted by atomic mass is 9.83. The Hall–Kier alpha value is -2.70. The first kappa shape index (κ1) is 20.2. The number of hydrogen-bond donors (Lipinski definition) is 1. The monoisotopic (exact) mass is 419 g/mol. The molecule has 162 valence electrons. The fourth-order valence-corrected chi connectivity index (χ4v) is 5.49. The highest BCUT2D eigenvalue weighted by Gasteiger charge is 2.57. The Kier molecular flexibility index (Phi) is 5.28.